The summed E-state index contributed by atoms with van der Waals surface area (Å²) in [6.45, 7) is 7.32. The molecule has 29 heavy (non-hydrogen) atoms. The Morgan fingerprint density at radius 3 is 2.38 bits per heavy atom. The minimum absolute atomic E-state index is 0.244. The van der Waals surface area contributed by atoms with Gasteiger partial charge < -0.3 is 20.1 Å². The Bertz CT molecular complexity index is 756. The van der Waals surface area contributed by atoms with E-state index < -0.39 is 22.2 Å². The molecular weight excluding hydrogens is 402 g/mol. The summed E-state index contributed by atoms with van der Waals surface area (Å²) in [4.78, 5) is 26.2. The Kier molecular flexibility index (Phi) is 7.11. The van der Waals surface area contributed by atoms with E-state index in [1.807, 2.05) is 4.90 Å². The van der Waals surface area contributed by atoms with Gasteiger partial charge in [0.25, 0.3) is 10.2 Å². The molecular formula is C17H29N5O6S. The lowest BCUT2D eigenvalue weighted by molar-refractivity contribution is -0.139. The molecule has 0 aromatic carbocycles. The SMILES string of the molecule is CCOC(=O)C1=C(CN2CCN(S(=O)(=O)N3CCOCC3)CC2)NC(=O)NC1C. The molecule has 2 amide bonds. The summed E-state index contributed by atoms with van der Waals surface area (Å²) in [6, 6.07) is -0.824. The summed E-state index contributed by atoms with van der Waals surface area (Å²) >= 11 is 0. The Hall–Kier alpha value is -1.73. The van der Waals surface area contributed by atoms with Gasteiger partial charge in [-0.15, -0.1) is 0 Å². The van der Waals surface area contributed by atoms with E-state index in [0.717, 1.165) is 0 Å². The van der Waals surface area contributed by atoms with Crippen LogP contribution in [0.5, 0.6) is 0 Å². The van der Waals surface area contributed by atoms with E-state index in [9.17, 15) is 18.0 Å². The number of nitrogens with one attached hydrogen (secondary N) is 2. The molecule has 11 nitrogen and oxygen atoms in total. The third-order valence-corrected chi connectivity index (χ3v) is 7.24. The highest BCUT2D eigenvalue weighted by molar-refractivity contribution is 7.86. The number of amides is 2. The Labute approximate surface area is 171 Å². The van der Waals surface area contributed by atoms with E-state index >= 15 is 0 Å². The van der Waals surface area contributed by atoms with Crippen molar-refractivity contribution < 1.29 is 27.5 Å². The van der Waals surface area contributed by atoms with Gasteiger partial charge in [-0.3, -0.25) is 4.90 Å². The number of carbonyl (C=O) groups is 2. The summed E-state index contributed by atoms with van der Waals surface area (Å²) in [5.74, 6) is -0.462. The largest absolute Gasteiger partial charge is 0.463 e. The molecule has 164 valence electrons. The van der Waals surface area contributed by atoms with Crippen LogP contribution in [-0.2, 0) is 24.5 Å². The first kappa shape index (κ1) is 22.0. The number of esters is 1. The van der Waals surface area contributed by atoms with Crippen molar-refractivity contribution in [3.8, 4) is 0 Å². The normalized spacial score (nSPS) is 25.4. The molecule has 0 saturated carbocycles. The number of ether oxygens (including phenoxy) is 2. The number of hydrogen-bond donors (Lipinski definition) is 2. The minimum atomic E-state index is -3.50. The molecule has 2 N–H and O–H groups in total. The molecule has 3 aliphatic heterocycles. The number of nitrogens with zero attached hydrogens (tertiary/aromatic N) is 3. The highest BCUT2D eigenvalue weighted by Gasteiger charge is 2.35. The highest BCUT2D eigenvalue weighted by atomic mass is 32.2. The number of piperazine rings is 1. The molecule has 3 heterocycles. The zero-order valence-electron chi connectivity index (χ0n) is 16.8. The van der Waals surface area contributed by atoms with Crippen molar-refractivity contribution in [2.24, 2.45) is 0 Å². The van der Waals surface area contributed by atoms with Crippen LogP contribution in [0.4, 0.5) is 4.79 Å². The van der Waals surface area contributed by atoms with E-state index in [4.69, 9.17) is 9.47 Å². The fourth-order valence-corrected chi connectivity index (χ4v) is 5.25. The third kappa shape index (κ3) is 5.07. The van der Waals surface area contributed by atoms with E-state index in [0.29, 0.717) is 70.3 Å². The number of hydrogen-bond acceptors (Lipinski definition) is 7. The summed E-state index contributed by atoms with van der Waals surface area (Å²) in [7, 11) is -3.50. The maximum Gasteiger partial charge on any atom is 0.337 e. The van der Waals surface area contributed by atoms with E-state index in [1.54, 1.807) is 13.8 Å². The minimum Gasteiger partial charge on any atom is -0.463 e. The predicted molar refractivity (Wildman–Crippen MR) is 104 cm³/mol. The van der Waals surface area contributed by atoms with Crippen LogP contribution in [0.3, 0.4) is 0 Å². The monoisotopic (exact) mass is 431 g/mol. The maximum absolute atomic E-state index is 12.8. The molecule has 1 unspecified atom stereocenters. The van der Waals surface area contributed by atoms with Gasteiger partial charge in [0.05, 0.1) is 31.4 Å². The van der Waals surface area contributed by atoms with Gasteiger partial charge in [0, 0.05) is 51.5 Å². The average molecular weight is 432 g/mol. The third-order valence-electron chi connectivity index (χ3n) is 5.20. The summed E-state index contributed by atoms with van der Waals surface area (Å²) in [5, 5.41) is 5.38. The smallest absolute Gasteiger partial charge is 0.337 e. The van der Waals surface area contributed by atoms with Crippen LogP contribution in [-0.4, -0.2) is 106 Å². The highest BCUT2D eigenvalue weighted by Crippen LogP contribution is 2.18. The molecule has 12 heteroatoms. The maximum atomic E-state index is 12.8. The fourth-order valence-electron chi connectivity index (χ4n) is 3.69. The van der Waals surface area contributed by atoms with Gasteiger partial charge in [-0.1, -0.05) is 0 Å². The van der Waals surface area contributed by atoms with Gasteiger partial charge in [0.1, 0.15) is 0 Å². The van der Waals surface area contributed by atoms with E-state index in [-0.39, 0.29) is 12.6 Å². The lowest BCUT2D eigenvalue weighted by atomic mass is 10.0. The van der Waals surface area contributed by atoms with Crippen molar-refractivity contribution in [1.82, 2.24) is 24.1 Å². The Balaban J connectivity index is 1.64. The molecule has 0 bridgehead atoms. The zero-order chi connectivity index (χ0) is 21.0. The number of carbonyl (C=O) groups excluding carboxylic acids is 2. The van der Waals surface area contributed by atoms with Crippen LogP contribution in [0.15, 0.2) is 11.3 Å². The summed E-state index contributed by atoms with van der Waals surface area (Å²) in [5.41, 5.74) is 0.902. The fraction of sp³-hybridized carbons (Fsp3) is 0.765. The number of rotatable bonds is 6. The second kappa shape index (κ2) is 9.39. The summed E-state index contributed by atoms with van der Waals surface area (Å²) < 4.78 is 38.9. The number of urea groups is 1. The zero-order valence-corrected chi connectivity index (χ0v) is 17.7. The lowest BCUT2D eigenvalue weighted by Crippen LogP contribution is -2.56. The van der Waals surface area contributed by atoms with E-state index in [2.05, 4.69) is 10.6 Å². The van der Waals surface area contributed by atoms with Gasteiger partial charge >= 0.3 is 12.0 Å². The average Bonchev–Trinajstić information content (AvgIpc) is 2.69. The van der Waals surface area contributed by atoms with Crippen LogP contribution in [0.1, 0.15) is 13.8 Å². The van der Waals surface area contributed by atoms with Gasteiger partial charge in [-0.25, -0.2) is 9.59 Å². The second-order valence-electron chi connectivity index (χ2n) is 7.13. The molecule has 0 aromatic heterocycles. The van der Waals surface area contributed by atoms with Crippen molar-refractivity contribution in [2.75, 3.05) is 65.6 Å². The van der Waals surface area contributed by atoms with Gasteiger partial charge in [-0.05, 0) is 13.8 Å². The molecule has 1 atom stereocenters. The molecule has 2 saturated heterocycles. The standard InChI is InChI=1S/C17H29N5O6S/c1-3-28-16(23)15-13(2)18-17(24)19-14(15)12-20-4-6-21(7-5-20)29(25,26)22-8-10-27-11-9-22/h13H,3-12H2,1-2H3,(H2,18,19,24). The molecule has 0 aromatic rings. The van der Waals surface area contributed by atoms with Gasteiger partial charge in [0.2, 0.25) is 0 Å². The molecule has 0 radical (unpaired) electrons. The molecule has 3 rings (SSSR count). The van der Waals surface area contributed by atoms with Crippen LogP contribution in [0.2, 0.25) is 0 Å². The quantitative estimate of drug-likeness (QED) is 0.502. The second-order valence-corrected chi connectivity index (χ2v) is 9.06. The van der Waals surface area contributed by atoms with Crippen molar-refractivity contribution in [3.05, 3.63) is 11.3 Å². The first-order valence-corrected chi connectivity index (χ1v) is 11.3. The Morgan fingerprint density at radius 1 is 1.14 bits per heavy atom. The molecule has 3 aliphatic rings. The first-order chi connectivity index (χ1) is 13.8. The van der Waals surface area contributed by atoms with Crippen LogP contribution in [0.25, 0.3) is 0 Å². The van der Waals surface area contributed by atoms with Crippen molar-refractivity contribution in [3.63, 3.8) is 0 Å². The molecule has 2 fully saturated rings. The van der Waals surface area contributed by atoms with Crippen LogP contribution < -0.4 is 10.6 Å². The Morgan fingerprint density at radius 2 is 1.76 bits per heavy atom. The topological polar surface area (TPSA) is 121 Å². The molecule has 0 spiro atoms. The number of morpholine rings is 1. The van der Waals surface area contributed by atoms with Crippen molar-refractivity contribution in [2.45, 2.75) is 19.9 Å². The first-order valence-electron chi connectivity index (χ1n) is 9.86. The predicted octanol–water partition coefficient (Wildman–Crippen LogP) is -1.30. The van der Waals surface area contributed by atoms with E-state index in [1.165, 1.54) is 8.61 Å². The summed E-state index contributed by atoms with van der Waals surface area (Å²) in [6.07, 6.45) is 0. The molecule has 0 aliphatic carbocycles. The van der Waals surface area contributed by atoms with Gasteiger partial charge in [-0.2, -0.15) is 17.0 Å². The van der Waals surface area contributed by atoms with Crippen LogP contribution >= 0.6 is 0 Å². The van der Waals surface area contributed by atoms with Crippen molar-refractivity contribution in [1.29, 1.82) is 0 Å². The van der Waals surface area contributed by atoms with Gasteiger partial charge in [0.15, 0.2) is 0 Å². The van der Waals surface area contributed by atoms with Crippen LogP contribution in [0, 0.1) is 0 Å². The van der Waals surface area contributed by atoms with Crippen molar-refractivity contribution >= 4 is 22.2 Å². The lowest BCUT2D eigenvalue weighted by Gasteiger charge is -2.38.